The summed E-state index contributed by atoms with van der Waals surface area (Å²) in [7, 11) is 1.18. The second-order valence-corrected chi connectivity index (χ2v) is 3.05. The third-order valence-corrected chi connectivity index (χ3v) is 2.15. The first-order valence-corrected chi connectivity index (χ1v) is 4.38. The Morgan fingerprint density at radius 2 is 2.12 bits per heavy atom. The number of carbonyl (C=O) groups is 1. The molecule has 0 amide bonds. The molecule has 1 heterocycles. The van der Waals surface area contributed by atoms with Gasteiger partial charge in [-0.3, -0.25) is 0 Å². The third kappa shape index (κ3) is 1.67. The zero-order valence-electron chi connectivity index (χ0n) is 8.35. The number of hydrogen-bond acceptors (Lipinski definition) is 6. The molecule has 1 aliphatic heterocycles. The molecule has 0 radical (unpaired) electrons. The standard InChI is InChI=1S/C9H9NO6/c1-14-9(11)5-2-7-8(16-4-15-7)3-6(5)10(12)13/h2-3,10,12H,4H2,1H3. The summed E-state index contributed by atoms with van der Waals surface area (Å²) in [6.07, 6.45) is 0. The van der Waals surface area contributed by atoms with Crippen LogP contribution in [0.2, 0.25) is 0 Å². The number of carbonyl (C=O) groups excluding carboxylic acids is 1. The fraction of sp³-hybridized carbons (Fsp3) is 0.222. The highest BCUT2D eigenvalue weighted by Crippen LogP contribution is 2.35. The molecule has 1 unspecified atom stereocenters. The number of rotatable bonds is 2. The minimum atomic E-state index is -1.22. The molecule has 0 saturated carbocycles. The Labute approximate surface area is 90.3 Å². The van der Waals surface area contributed by atoms with Crippen molar-refractivity contribution in [1.29, 1.82) is 0 Å². The van der Waals surface area contributed by atoms with Crippen LogP contribution in [0, 0.1) is 5.21 Å². The first-order valence-electron chi connectivity index (χ1n) is 4.38. The van der Waals surface area contributed by atoms with Crippen LogP contribution >= 0.6 is 0 Å². The maximum Gasteiger partial charge on any atom is 0.344 e. The first-order chi connectivity index (χ1) is 7.63. The van der Waals surface area contributed by atoms with Crippen molar-refractivity contribution in [2.24, 2.45) is 0 Å². The van der Waals surface area contributed by atoms with Gasteiger partial charge in [0.15, 0.2) is 17.2 Å². The lowest BCUT2D eigenvalue weighted by Crippen LogP contribution is -2.99. The van der Waals surface area contributed by atoms with Crippen LogP contribution in [0.4, 0.5) is 5.69 Å². The van der Waals surface area contributed by atoms with E-state index < -0.39 is 11.2 Å². The summed E-state index contributed by atoms with van der Waals surface area (Å²) in [6.45, 7) is 0.0129. The van der Waals surface area contributed by atoms with Crippen molar-refractivity contribution in [2.75, 3.05) is 13.9 Å². The molecule has 1 aliphatic rings. The van der Waals surface area contributed by atoms with E-state index in [1.165, 1.54) is 19.2 Å². The molecule has 0 spiro atoms. The number of esters is 1. The summed E-state index contributed by atoms with van der Waals surface area (Å²) >= 11 is 0. The molecule has 1 aromatic rings. The summed E-state index contributed by atoms with van der Waals surface area (Å²) in [5.41, 5.74) is -0.227. The molecule has 0 aromatic heterocycles. The predicted molar refractivity (Wildman–Crippen MR) is 49.7 cm³/mol. The van der Waals surface area contributed by atoms with E-state index in [0.29, 0.717) is 11.5 Å². The second kappa shape index (κ2) is 3.97. The third-order valence-electron chi connectivity index (χ3n) is 2.15. The molecule has 86 valence electrons. The molecule has 7 heteroatoms. The maximum absolute atomic E-state index is 11.4. The van der Waals surface area contributed by atoms with E-state index in [1.54, 1.807) is 0 Å². The lowest BCUT2D eigenvalue weighted by molar-refractivity contribution is -0.991. The normalized spacial score (nSPS) is 14.7. The average molecular weight is 227 g/mol. The summed E-state index contributed by atoms with van der Waals surface area (Å²) in [5, 5.41) is 18.7. The lowest BCUT2D eigenvalue weighted by Gasteiger charge is -2.14. The zero-order chi connectivity index (χ0) is 11.7. The van der Waals surface area contributed by atoms with Gasteiger partial charge in [0.1, 0.15) is 5.56 Å². The number of quaternary nitrogens is 1. The van der Waals surface area contributed by atoms with E-state index in [0.717, 1.165) is 0 Å². The van der Waals surface area contributed by atoms with Crippen LogP contribution < -0.4 is 14.7 Å². The fourth-order valence-corrected chi connectivity index (χ4v) is 1.40. The van der Waals surface area contributed by atoms with E-state index >= 15 is 0 Å². The van der Waals surface area contributed by atoms with Crippen LogP contribution in [-0.2, 0) is 4.74 Å². The monoisotopic (exact) mass is 227 g/mol. The quantitative estimate of drug-likeness (QED) is 0.527. The van der Waals surface area contributed by atoms with E-state index in [-0.39, 0.29) is 18.0 Å². The number of ether oxygens (including phenoxy) is 3. The Morgan fingerprint density at radius 1 is 1.50 bits per heavy atom. The number of methoxy groups -OCH3 is 1. The Morgan fingerprint density at radius 3 is 2.69 bits per heavy atom. The minimum absolute atomic E-state index is 0.0129. The maximum atomic E-state index is 11.4. The summed E-state index contributed by atoms with van der Waals surface area (Å²) in [5.74, 6) is -0.0776. The smallest absolute Gasteiger partial charge is 0.344 e. The molecule has 16 heavy (non-hydrogen) atoms. The van der Waals surface area contributed by atoms with Gasteiger partial charge in [0.25, 0.3) is 0 Å². The van der Waals surface area contributed by atoms with Crippen molar-refractivity contribution in [3.63, 3.8) is 0 Å². The highest BCUT2D eigenvalue weighted by atomic mass is 16.8. The highest BCUT2D eigenvalue weighted by Gasteiger charge is 2.24. The Balaban J connectivity index is 2.53. The predicted octanol–water partition coefficient (Wildman–Crippen LogP) is -0.395. The number of hydrogen-bond donors (Lipinski definition) is 2. The minimum Gasteiger partial charge on any atom is -0.595 e. The molecule has 0 fully saturated rings. The van der Waals surface area contributed by atoms with Crippen molar-refractivity contribution in [3.8, 4) is 11.5 Å². The van der Waals surface area contributed by atoms with E-state index in [1.807, 2.05) is 0 Å². The summed E-state index contributed by atoms with van der Waals surface area (Å²) in [6, 6.07) is 2.55. The molecule has 7 nitrogen and oxygen atoms in total. The van der Waals surface area contributed by atoms with Crippen molar-refractivity contribution >= 4 is 11.7 Å². The van der Waals surface area contributed by atoms with Gasteiger partial charge in [-0.1, -0.05) is 0 Å². The Bertz CT molecular complexity index is 430. The number of nitrogens with one attached hydrogen (secondary N) is 1. The van der Waals surface area contributed by atoms with Gasteiger partial charge >= 0.3 is 5.97 Å². The van der Waals surface area contributed by atoms with Crippen LogP contribution in [0.1, 0.15) is 10.4 Å². The van der Waals surface area contributed by atoms with Gasteiger partial charge in [0.05, 0.1) is 7.11 Å². The summed E-state index contributed by atoms with van der Waals surface area (Å²) < 4.78 is 14.6. The van der Waals surface area contributed by atoms with Gasteiger partial charge in [-0.15, -0.1) is 0 Å². The zero-order valence-corrected chi connectivity index (χ0v) is 8.35. The van der Waals surface area contributed by atoms with Crippen LogP contribution in [-0.4, -0.2) is 25.1 Å². The van der Waals surface area contributed by atoms with Gasteiger partial charge in [-0.05, 0) is 0 Å². The van der Waals surface area contributed by atoms with Crippen LogP contribution in [0.5, 0.6) is 11.5 Å². The molecule has 2 N–H and O–H groups in total. The number of fused-ring (bicyclic) bond motifs is 1. The summed E-state index contributed by atoms with van der Waals surface area (Å²) in [4.78, 5) is 11.4. The van der Waals surface area contributed by atoms with E-state index in [9.17, 15) is 10.0 Å². The van der Waals surface area contributed by atoms with Crippen molar-refractivity contribution in [1.82, 2.24) is 0 Å². The Kier molecular flexibility index (Phi) is 2.65. The van der Waals surface area contributed by atoms with Gasteiger partial charge in [0.2, 0.25) is 6.79 Å². The van der Waals surface area contributed by atoms with Gasteiger partial charge in [0, 0.05) is 12.1 Å². The molecule has 1 atom stereocenters. The van der Waals surface area contributed by atoms with Crippen LogP contribution in [0.25, 0.3) is 0 Å². The van der Waals surface area contributed by atoms with Crippen LogP contribution in [0.15, 0.2) is 12.1 Å². The SMILES string of the molecule is COC(=O)c1cc2c(cc1[NH+]([O-])O)OCO2. The van der Waals surface area contributed by atoms with Gasteiger partial charge in [-0.2, -0.15) is 5.23 Å². The van der Waals surface area contributed by atoms with Crippen molar-refractivity contribution in [3.05, 3.63) is 22.9 Å². The van der Waals surface area contributed by atoms with Gasteiger partial charge < -0.3 is 19.4 Å². The van der Waals surface area contributed by atoms with Crippen molar-refractivity contribution < 1.29 is 29.4 Å². The second-order valence-electron chi connectivity index (χ2n) is 3.05. The van der Waals surface area contributed by atoms with E-state index in [2.05, 4.69) is 4.74 Å². The molecular weight excluding hydrogens is 218 g/mol. The molecule has 0 bridgehead atoms. The Hall–Kier alpha value is -1.83. The topological polar surface area (TPSA) is 92.5 Å². The fourth-order valence-electron chi connectivity index (χ4n) is 1.40. The van der Waals surface area contributed by atoms with Crippen molar-refractivity contribution in [2.45, 2.75) is 0 Å². The molecular formula is C9H9NO6. The molecule has 1 aromatic carbocycles. The largest absolute Gasteiger partial charge is 0.595 e. The lowest BCUT2D eigenvalue weighted by atomic mass is 10.1. The van der Waals surface area contributed by atoms with Gasteiger partial charge in [-0.25, -0.2) is 10.0 Å². The molecule has 0 saturated heterocycles. The molecule has 0 aliphatic carbocycles. The first kappa shape index (κ1) is 10.7. The van der Waals surface area contributed by atoms with E-state index in [4.69, 9.17) is 14.7 Å². The number of benzene rings is 1. The highest BCUT2D eigenvalue weighted by molar-refractivity contribution is 5.94. The average Bonchev–Trinajstić information content (AvgIpc) is 2.73. The molecule has 2 rings (SSSR count). The van der Waals surface area contributed by atoms with Crippen LogP contribution in [0.3, 0.4) is 0 Å².